The number of halogens is 1. The minimum absolute atomic E-state index is 0.0981. The summed E-state index contributed by atoms with van der Waals surface area (Å²) in [6, 6.07) is 6.41. The summed E-state index contributed by atoms with van der Waals surface area (Å²) >= 11 is 0. The largest absolute Gasteiger partial charge is 0.446 e. The molecule has 1 aromatic heterocycles. The SMILES string of the molecule is Cc1nc(Cc2ccc(S(=O)(=O)Cl)cc2)c(C)o1. The van der Waals surface area contributed by atoms with Crippen LogP contribution in [-0.4, -0.2) is 13.4 Å². The van der Waals surface area contributed by atoms with Gasteiger partial charge in [0.25, 0.3) is 9.05 Å². The highest BCUT2D eigenvalue weighted by molar-refractivity contribution is 8.13. The molecule has 0 radical (unpaired) electrons. The van der Waals surface area contributed by atoms with E-state index in [0.717, 1.165) is 17.0 Å². The molecule has 0 fully saturated rings. The van der Waals surface area contributed by atoms with Gasteiger partial charge in [-0.15, -0.1) is 0 Å². The summed E-state index contributed by atoms with van der Waals surface area (Å²) in [5.41, 5.74) is 1.81. The Balaban J connectivity index is 2.24. The van der Waals surface area contributed by atoms with Crippen molar-refractivity contribution in [1.29, 1.82) is 0 Å². The van der Waals surface area contributed by atoms with Crippen molar-refractivity contribution in [3.05, 3.63) is 47.2 Å². The van der Waals surface area contributed by atoms with Gasteiger partial charge in [-0.2, -0.15) is 0 Å². The molecule has 18 heavy (non-hydrogen) atoms. The van der Waals surface area contributed by atoms with Crippen molar-refractivity contribution >= 4 is 19.7 Å². The standard InChI is InChI=1S/C12H12ClNO3S/c1-8-12(14-9(2)17-8)7-10-3-5-11(6-4-10)18(13,15)16/h3-6H,7H2,1-2H3. The van der Waals surface area contributed by atoms with Gasteiger partial charge in [-0.25, -0.2) is 13.4 Å². The van der Waals surface area contributed by atoms with Gasteiger partial charge in [0.15, 0.2) is 5.89 Å². The summed E-state index contributed by atoms with van der Waals surface area (Å²) in [5.74, 6) is 1.41. The van der Waals surface area contributed by atoms with Crippen LogP contribution in [0.4, 0.5) is 0 Å². The van der Waals surface area contributed by atoms with Crippen LogP contribution in [0.15, 0.2) is 33.6 Å². The Kier molecular flexibility index (Phi) is 3.45. The molecule has 0 unspecified atom stereocenters. The fourth-order valence-electron chi connectivity index (χ4n) is 1.70. The Morgan fingerprint density at radius 3 is 2.28 bits per heavy atom. The molecular formula is C12H12ClNO3S. The van der Waals surface area contributed by atoms with Gasteiger partial charge in [-0.05, 0) is 24.6 Å². The van der Waals surface area contributed by atoms with Crippen LogP contribution in [0.25, 0.3) is 0 Å². The molecular weight excluding hydrogens is 274 g/mol. The molecule has 4 nitrogen and oxygen atoms in total. The van der Waals surface area contributed by atoms with Crippen molar-refractivity contribution in [2.75, 3.05) is 0 Å². The topological polar surface area (TPSA) is 60.2 Å². The monoisotopic (exact) mass is 285 g/mol. The van der Waals surface area contributed by atoms with Crippen molar-refractivity contribution in [2.45, 2.75) is 25.2 Å². The van der Waals surface area contributed by atoms with Crippen LogP contribution in [0, 0.1) is 13.8 Å². The number of rotatable bonds is 3. The number of oxazole rings is 1. The fourth-order valence-corrected chi connectivity index (χ4v) is 2.47. The molecule has 0 saturated carbocycles. The van der Waals surface area contributed by atoms with E-state index < -0.39 is 9.05 Å². The number of benzene rings is 1. The zero-order valence-corrected chi connectivity index (χ0v) is 11.5. The van der Waals surface area contributed by atoms with E-state index in [4.69, 9.17) is 15.1 Å². The average molecular weight is 286 g/mol. The van der Waals surface area contributed by atoms with Crippen LogP contribution < -0.4 is 0 Å². The molecule has 0 aliphatic carbocycles. The van der Waals surface area contributed by atoms with E-state index >= 15 is 0 Å². The van der Waals surface area contributed by atoms with E-state index in [2.05, 4.69) is 4.98 Å². The summed E-state index contributed by atoms with van der Waals surface area (Å²) in [4.78, 5) is 4.36. The highest BCUT2D eigenvalue weighted by Gasteiger charge is 2.11. The minimum atomic E-state index is -3.66. The van der Waals surface area contributed by atoms with Crippen LogP contribution in [0.5, 0.6) is 0 Å². The van der Waals surface area contributed by atoms with Gasteiger partial charge in [-0.3, -0.25) is 0 Å². The Labute approximate surface area is 110 Å². The molecule has 96 valence electrons. The van der Waals surface area contributed by atoms with Gasteiger partial charge in [0, 0.05) is 24.0 Å². The summed E-state index contributed by atoms with van der Waals surface area (Å²) in [6.45, 7) is 3.65. The van der Waals surface area contributed by atoms with Crippen molar-refractivity contribution in [3.63, 3.8) is 0 Å². The highest BCUT2D eigenvalue weighted by atomic mass is 35.7. The first-order valence-electron chi connectivity index (χ1n) is 5.33. The van der Waals surface area contributed by atoms with Crippen LogP contribution in [0.1, 0.15) is 22.9 Å². The molecule has 0 amide bonds. The lowest BCUT2D eigenvalue weighted by Gasteiger charge is -2.00. The first-order valence-corrected chi connectivity index (χ1v) is 7.64. The second kappa shape index (κ2) is 4.74. The maximum absolute atomic E-state index is 11.1. The molecule has 0 saturated heterocycles. The summed E-state index contributed by atoms with van der Waals surface area (Å²) in [5, 5.41) is 0. The molecule has 6 heteroatoms. The van der Waals surface area contributed by atoms with Crippen LogP contribution in [0.3, 0.4) is 0 Å². The number of nitrogens with zero attached hydrogens (tertiary/aromatic N) is 1. The molecule has 0 aliphatic rings. The normalized spacial score (nSPS) is 11.7. The van der Waals surface area contributed by atoms with E-state index in [-0.39, 0.29) is 4.90 Å². The highest BCUT2D eigenvalue weighted by Crippen LogP contribution is 2.18. The van der Waals surface area contributed by atoms with Gasteiger partial charge in [0.2, 0.25) is 0 Å². The molecule has 0 spiro atoms. The van der Waals surface area contributed by atoms with E-state index in [1.807, 2.05) is 6.92 Å². The summed E-state index contributed by atoms with van der Waals surface area (Å²) in [6.07, 6.45) is 0.603. The molecule has 0 aliphatic heterocycles. The van der Waals surface area contributed by atoms with Crippen molar-refractivity contribution in [2.24, 2.45) is 0 Å². The van der Waals surface area contributed by atoms with Crippen molar-refractivity contribution < 1.29 is 12.8 Å². The first kappa shape index (κ1) is 13.1. The molecule has 0 bridgehead atoms. The summed E-state index contributed by atoms with van der Waals surface area (Å²) < 4.78 is 27.5. The maximum atomic E-state index is 11.1. The Bertz CT molecular complexity index is 659. The second-order valence-corrected chi connectivity index (χ2v) is 6.56. The predicted octanol–water partition coefficient (Wildman–Crippen LogP) is 2.81. The van der Waals surface area contributed by atoms with Gasteiger partial charge < -0.3 is 4.42 Å². The first-order chi connectivity index (χ1) is 8.36. The third kappa shape index (κ3) is 2.91. The number of hydrogen-bond acceptors (Lipinski definition) is 4. The zero-order valence-electron chi connectivity index (χ0n) is 9.97. The van der Waals surface area contributed by atoms with E-state index in [9.17, 15) is 8.42 Å². The molecule has 1 heterocycles. The molecule has 1 aromatic carbocycles. The molecule has 0 atom stereocenters. The second-order valence-electron chi connectivity index (χ2n) is 3.99. The number of hydrogen-bond donors (Lipinski definition) is 0. The Morgan fingerprint density at radius 1 is 1.22 bits per heavy atom. The predicted molar refractivity (Wildman–Crippen MR) is 68.3 cm³/mol. The Morgan fingerprint density at radius 2 is 1.83 bits per heavy atom. The molecule has 2 rings (SSSR count). The van der Waals surface area contributed by atoms with Gasteiger partial charge in [-0.1, -0.05) is 12.1 Å². The molecule has 0 N–H and O–H groups in total. The van der Waals surface area contributed by atoms with E-state index in [1.165, 1.54) is 12.1 Å². The third-order valence-corrected chi connectivity index (χ3v) is 3.95. The van der Waals surface area contributed by atoms with Crippen molar-refractivity contribution in [1.82, 2.24) is 4.98 Å². The maximum Gasteiger partial charge on any atom is 0.261 e. The quantitative estimate of drug-likeness (QED) is 0.814. The van der Waals surface area contributed by atoms with Crippen molar-refractivity contribution in [3.8, 4) is 0 Å². The van der Waals surface area contributed by atoms with Gasteiger partial charge in [0.05, 0.1) is 10.6 Å². The number of aryl methyl sites for hydroxylation is 2. The van der Waals surface area contributed by atoms with Crippen LogP contribution in [-0.2, 0) is 15.5 Å². The minimum Gasteiger partial charge on any atom is -0.446 e. The smallest absolute Gasteiger partial charge is 0.261 e. The summed E-state index contributed by atoms with van der Waals surface area (Å²) in [7, 11) is 1.59. The third-order valence-electron chi connectivity index (χ3n) is 2.58. The lowest BCUT2D eigenvalue weighted by atomic mass is 10.1. The van der Waals surface area contributed by atoms with Crippen LogP contribution >= 0.6 is 10.7 Å². The number of aromatic nitrogens is 1. The fraction of sp³-hybridized carbons (Fsp3) is 0.250. The lowest BCUT2D eigenvalue weighted by Crippen LogP contribution is -1.94. The van der Waals surface area contributed by atoms with Crippen LogP contribution in [0.2, 0.25) is 0 Å². The molecule has 2 aromatic rings. The zero-order chi connectivity index (χ0) is 13.3. The average Bonchev–Trinajstić information content (AvgIpc) is 2.57. The van der Waals surface area contributed by atoms with E-state index in [1.54, 1.807) is 19.1 Å². The van der Waals surface area contributed by atoms with Gasteiger partial charge >= 0.3 is 0 Å². The van der Waals surface area contributed by atoms with E-state index in [0.29, 0.717) is 12.3 Å². The van der Waals surface area contributed by atoms with Gasteiger partial charge in [0.1, 0.15) is 5.76 Å². The lowest BCUT2D eigenvalue weighted by molar-refractivity contribution is 0.493. The Hall–Kier alpha value is -1.33.